The Balaban J connectivity index is 2.33. The van der Waals surface area contributed by atoms with E-state index >= 15 is 0 Å². The smallest absolute Gasteiger partial charge is 0.221 e. The van der Waals surface area contributed by atoms with Gasteiger partial charge >= 0.3 is 0 Å². The number of aryl methyl sites for hydroxylation is 1. The number of imidazole rings is 1. The third kappa shape index (κ3) is 2.38. The summed E-state index contributed by atoms with van der Waals surface area (Å²) in [5.41, 5.74) is 7.20. The van der Waals surface area contributed by atoms with E-state index in [-0.39, 0.29) is 5.91 Å². The van der Waals surface area contributed by atoms with Crippen molar-refractivity contribution in [1.82, 2.24) is 19.9 Å². The van der Waals surface area contributed by atoms with Crippen molar-refractivity contribution in [3.63, 3.8) is 0 Å². The molecule has 0 radical (unpaired) electrons. The number of carbonyl (C=O) groups excluding carboxylic acids is 1. The van der Waals surface area contributed by atoms with Gasteiger partial charge in [-0.1, -0.05) is 0 Å². The highest BCUT2D eigenvalue weighted by molar-refractivity contribution is 9.10. The zero-order chi connectivity index (χ0) is 12.4. The maximum Gasteiger partial charge on any atom is 0.221 e. The van der Waals surface area contributed by atoms with Gasteiger partial charge in [0.05, 0.1) is 0 Å². The number of halogens is 1. The first-order chi connectivity index (χ1) is 8.11. The summed E-state index contributed by atoms with van der Waals surface area (Å²) >= 11 is 3.32. The van der Waals surface area contributed by atoms with Gasteiger partial charge in [-0.25, -0.2) is 9.97 Å². The van der Waals surface area contributed by atoms with Crippen LogP contribution in [0.2, 0.25) is 0 Å². The SMILES string of the molecule is CNC(=O)CCn1c(N)nc2cc(Br)cnc21. The van der Waals surface area contributed by atoms with E-state index in [1.54, 1.807) is 17.8 Å². The highest BCUT2D eigenvalue weighted by Gasteiger charge is 2.10. The molecule has 0 aliphatic rings. The van der Waals surface area contributed by atoms with Crippen LogP contribution in [0.15, 0.2) is 16.7 Å². The Labute approximate surface area is 106 Å². The van der Waals surface area contributed by atoms with Gasteiger partial charge in [0.15, 0.2) is 5.65 Å². The van der Waals surface area contributed by atoms with Crippen molar-refractivity contribution in [3.8, 4) is 0 Å². The third-order valence-electron chi connectivity index (χ3n) is 2.42. The largest absolute Gasteiger partial charge is 0.369 e. The van der Waals surface area contributed by atoms with Crippen LogP contribution in [-0.4, -0.2) is 27.5 Å². The summed E-state index contributed by atoms with van der Waals surface area (Å²) in [6, 6.07) is 1.84. The van der Waals surface area contributed by atoms with Crippen molar-refractivity contribution < 1.29 is 4.79 Å². The zero-order valence-corrected chi connectivity index (χ0v) is 10.9. The summed E-state index contributed by atoms with van der Waals surface area (Å²) in [5.74, 6) is 0.331. The normalized spacial score (nSPS) is 10.7. The molecule has 17 heavy (non-hydrogen) atoms. The second-order valence-corrected chi connectivity index (χ2v) is 4.46. The van der Waals surface area contributed by atoms with E-state index in [9.17, 15) is 4.79 Å². The Morgan fingerprint density at radius 1 is 1.65 bits per heavy atom. The molecular formula is C10H12BrN5O. The summed E-state index contributed by atoms with van der Waals surface area (Å²) in [5, 5.41) is 2.56. The minimum Gasteiger partial charge on any atom is -0.369 e. The van der Waals surface area contributed by atoms with Crippen LogP contribution in [0.4, 0.5) is 5.95 Å². The highest BCUT2D eigenvalue weighted by atomic mass is 79.9. The molecule has 2 rings (SSSR count). The lowest BCUT2D eigenvalue weighted by Gasteiger charge is -2.04. The fourth-order valence-electron chi connectivity index (χ4n) is 1.56. The van der Waals surface area contributed by atoms with E-state index in [0.29, 0.717) is 30.1 Å². The van der Waals surface area contributed by atoms with Gasteiger partial charge in [-0.2, -0.15) is 0 Å². The zero-order valence-electron chi connectivity index (χ0n) is 9.27. The summed E-state index contributed by atoms with van der Waals surface area (Å²) in [6.45, 7) is 0.469. The molecule has 3 N–H and O–H groups in total. The summed E-state index contributed by atoms with van der Waals surface area (Å²) < 4.78 is 2.58. The molecule has 90 valence electrons. The number of amides is 1. The number of pyridine rings is 1. The van der Waals surface area contributed by atoms with Crippen LogP contribution in [0.5, 0.6) is 0 Å². The van der Waals surface area contributed by atoms with Crippen LogP contribution >= 0.6 is 15.9 Å². The minimum absolute atomic E-state index is 0.0386. The summed E-state index contributed by atoms with van der Waals surface area (Å²) in [6.07, 6.45) is 2.03. The average molecular weight is 298 g/mol. The summed E-state index contributed by atoms with van der Waals surface area (Å²) in [4.78, 5) is 19.6. The summed E-state index contributed by atoms with van der Waals surface area (Å²) in [7, 11) is 1.60. The van der Waals surface area contributed by atoms with Gasteiger partial charge < -0.3 is 11.1 Å². The first-order valence-corrected chi connectivity index (χ1v) is 5.89. The molecule has 0 aliphatic carbocycles. The lowest BCUT2D eigenvalue weighted by molar-refractivity contribution is -0.120. The Kier molecular flexibility index (Phi) is 3.28. The quantitative estimate of drug-likeness (QED) is 0.882. The minimum atomic E-state index is -0.0386. The molecule has 7 heteroatoms. The van der Waals surface area contributed by atoms with E-state index in [0.717, 1.165) is 4.47 Å². The molecule has 0 spiro atoms. The van der Waals surface area contributed by atoms with Crippen molar-refractivity contribution in [1.29, 1.82) is 0 Å². The molecule has 0 unspecified atom stereocenters. The second-order valence-electron chi connectivity index (χ2n) is 3.54. The highest BCUT2D eigenvalue weighted by Crippen LogP contribution is 2.19. The van der Waals surface area contributed by atoms with Crippen molar-refractivity contribution in [2.75, 3.05) is 12.8 Å². The Morgan fingerprint density at radius 2 is 2.41 bits per heavy atom. The number of fused-ring (bicyclic) bond motifs is 1. The molecule has 2 heterocycles. The molecule has 1 amide bonds. The number of nitrogens with two attached hydrogens (primary N) is 1. The first-order valence-electron chi connectivity index (χ1n) is 5.09. The van der Waals surface area contributed by atoms with Gasteiger partial charge in [-0.3, -0.25) is 9.36 Å². The Bertz CT molecular complexity index is 565. The van der Waals surface area contributed by atoms with Crippen molar-refractivity contribution in [3.05, 3.63) is 16.7 Å². The van der Waals surface area contributed by atoms with Crippen molar-refractivity contribution in [2.45, 2.75) is 13.0 Å². The molecule has 0 aliphatic heterocycles. The van der Waals surface area contributed by atoms with E-state index in [2.05, 4.69) is 31.2 Å². The molecule has 0 bridgehead atoms. The third-order valence-corrected chi connectivity index (χ3v) is 2.86. The first kappa shape index (κ1) is 11.8. The van der Waals surface area contributed by atoms with Gasteiger partial charge in [0, 0.05) is 30.7 Å². The fraction of sp³-hybridized carbons (Fsp3) is 0.300. The van der Waals surface area contributed by atoms with Crippen LogP contribution in [0.3, 0.4) is 0 Å². The van der Waals surface area contributed by atoms with Crippen LogP contribution in [0.25, 0.3) is 11.2 Å². The fourth-order valence-corrected chi connectivity index (χ4v) is 1.88. The van der Waals surface area contributed by atoms with Gasteiger partial charge in [0.2, 0.25) is 11.9 Å². The van der Waals surface area contributed by atoms with Crippen LogP contribution in [0.1, 0.15) is 6.42 Å². The molecule has 2 aromatic heterocycles. The molecule has 0 fully saturated rings. The molecule has 0 atom stereocenters. The molecular weight excluding hydrogens is 286 g/mol. The van der Waals surface area contributed by atoms with E-state index < -0.39 is 0 Å². The molecule has 6 nitrogen and oxygen atoms in total. The lowest BCUT2D eigenvalue weighted by atomic mass is 10.4. The van der Waals surface area contributed by atoms with Crippen molar-refractivity contribution >= 4 is 38.9 Å². The maximum absolute atomic E-state index is 11.2. The van der Waals surface area contributed by atoms with Crippen molar-refractivity contribution in [2.24, 2.45) is 0 Å². The predicted molar refractivity (Wildman–Crippen MR) is 68.3 cm³/mol. The average Bonchev–Trinajstić information content (AvgIpc) is 2.61. The molecule has 2 aromatic rings. The van der Waals surface area contributed by atoms with Gasteiger partial charge in [-0.05, 0) is 22.0 Å². The number of rotatable bonds is 3. The van der Waals surface area contributed by atoms with Crippen LogP contribution in [0, 0.1) is 0 Å². The van der Waals surface area contributed by atoms with Crippen LogP contribution < -0.4 is 11.1 Å². The topological polar surface area (TPSA) is 85.8 Å². The predicted octanol–water partition coefficient (Wildman–Crippen LogP) is 0.912. The molecule has 0 aromatic carbocycles. The Hall–Kier alpha value is -1.63. The maximum atomic E-state index is 11.2. The van der Waals surface area contributed by atoms with E-state index in [4.69, 9.17) is 5.73 Å². The second kappa shape index (κ2) is 4.70. The monoisotopic (exact) mass is 297 g/mol. The number of anilines is 1. The Morgan fingerprint density at radius 3 is 3.12 bits per heavy atom. The number of hydrogen-bond acceptors (Lipinski definition) is 4. The van der Waals surface area contributed by atoms with E-state index in [1.165, 1.54) is 0 Å². The molecule has 0 saturated heterocycles. The number of carbonyl (C=O) groups is 1. The van der Waals surface area contributed by atoms with Crippen LogP contribution in [-0.2, 0) is 11.3 Å². The number of aromatic nitrogens is 3. The lowest BCUT2D eigenvalue weighted by Crippen LogP contribution is -2.20. The van der Waals surface area contributed by atoms with Gasteiger partial charge in [0.25, 0.3) is 0 Å². The number of nitrogens with zero attached hydrogens (tertiary/aromatic N) is 3. The van der Waals surface area contributed by atoms with Gasteiger partial charge in [-0.15, -0.1) is 0 Å². The van der Waals surface area contributed by atoms with E-state index in [1.807, 2.05) is 6.07 Å². The number of hydrogen-bond donors (Lipinski definition) is 2. The standard InChI is InChI=1S/C10H12BrN5O/c1-13-8(17)2-3-16-9-7(15-10(16)12)4-6(11)5-14-9/h4-5H,2-3H2,1H3,(H2,12,15)(H,13,17). The molecule has 0 saturated carbocycles. The van der Waals surface area contributed by atoms with Gasteiger partial charge in [0.1, 0.15) is 5.52 Å². The number of nitrogen functional groups attached to an aromatic ring is 1. The number of nitrogens with one attached hydrogen (secondary N) is 1.